The monoisotopic (exact) mass is 433 g/mol. The average molecular weight is 434 g/mol. The summed E-state index contributed by atoms with van der Waals surface area (Å²) < 4.78 is 32.9. The Labute approximate surface area is 183 Å². The molecule has 0 bridgehead atoms. The summed E-state index contributed by atoms with van der Waals surface area (Å²) in [6.07, 6.45) is 1.65. The highest BCUT2D eigenvalue weighted by atomic mass is 32.2. The Kier molecular flexibility index (Phi) is 7.21. The number of ether oxygens (including phenoxy) is 1. The van der Waals surface area contributed by atoms with Crippen LogP contribution in [0.3, 0.4) is 0 Å². The second kappa shape index (κ2) is 10.0. The Morgan fingerprint density at radius 2 is 1.52 bits per heavy atom. The number of carbonyl (C=O) groups is 1. The second-order valence-corrected chi connectivity index (χ2v) is 8.61. The van der Waals surface area contributed by atoms with Gasteiger partial charge in [-0.1, -0.05) is 84.1 Å². The van der Waals surface area contributed by atoms with Crippen molar-refractivity contribution < 1.29 is 17.9 Å². The molecule has 0 aliphatic carbocycles. The lowest BCUT2D eigenvalue weighted by molar-refractivity contribution is -0.128. The molecule has 0 heterocycles. The van der Waals surface area contributed by atoms with E-state index in [-0.39, 0.29) is 10.6 Å². The van der Waals surface area contributed by atoms with Crippen molar-refractivity contribution in [1.82, 2.24) is 4.31 Å². The van der Waals surface area contributed by atoms with E-state index in [0.29, 0.717) is 5.56 Å². The highest BCUT2D eigenvalue weighted by Crippen LogP contribution is 2.27. The van der Waals surface area contributed by atoms with Gasteiger partial charge in [-0.15, -0.1) is 0 Å². The van der Waals surface area contributed by atoms with E-state index in [0.717, 1.165) is 15.4 Å². The summed E-state index contributed by atoms with van der Waals surface area (Å²) in [5.74, 6) is -0.712. The van der Waals surface area contributed by atoms with Crippen LogP contribution in [-0.2, 0) is 19.6 Å². The number of nitrogens with zero attached hydrogens (tertiary/aromatic N) is 1. The normalized spacial score (nSPS) is 10.8. The fourth-order valence-electron chi connectivity index (χ4n) is 2.93. The zero-order valence-electron chi connectivity index (χ0n) is 17.4. The number of amides is 1. The van der Waals surface area contributed by atoms with Gasteiger partial charge in [0, 0.05) is 12.7 Å². The minimum absolute atomic E-state index is 0.0116. The van der Waals surface area contributed by atoms with Crippen molar-refractivity contribution in [2.24, 2.45) is 0 Å². The molecule has 6 heteroatoms. The SMILES string of the molecule is COCC(=O)N(C(=C=Cc1ccccc1)c1ccccc1)S(=O)(=O)c1ccc(C)cc1. The maximum atomic E-state index is 13.6. The predicted molar refractivity (Wildman–Crippen MR) is 121 cm³/mol. The molecular weight excluding hydrogens is 410 g/mol. The van der Waals surface area contributed by atoms with Crippen LogP contribution in [0.4, 0.5) is 0 Å². The third-order valence-corrected chi connectivity index (χ3v) is 6.21. The molecule has 31 heavy (non-hydrogen) atoms. The second-order valence-electron chi connectivity index (χ2n) is 6.82. The summed E-state index contributed by atoms with van der Waals surface area (Å²) in [5, 5.41) is 0. The van der Waals surface area contributed by atoms with Crippen LogP contribution in [-0.4, -0.2) is 32.3 Å². The van der Waals surface area contributed by atoms with E-state index < -0.39 is 22.5 Å². The van der Waals surface area contributed by atoms with E-state index >= 15 is 0 Å². The topological polar surface area (TPSA) is 63.7 Å². The van der Waals surface area contributed by atoms with Crippen LogP contribution in [0.1, 0.15) is 16.7 Å². The van der Waals surface area contributed by atoms with Crippen LogP contribution >= 0.6 is 0 Å². The van der Waals surface area contributed by atoms with Gasteiger partial charge in [-0.2, -0.15) is 4.31 Å². The first kappa shape index (κ1) is 22.2. The Morgan fingerprint density at radius 1 is 0.935 bits per heavy atom. The van der Waals surface area contributed by atoms with E-state index in [1.807, 2.05) is 43.3 Å². The molecule has 0 atom stereocenters. The van der Waals surface area contributed by atoms with Crippen LogP contribution in [0.15, 0.2) is 95.6 Å². The summed E-state index contributed by atoms with van der Waals surface area (Å²) in [4.78, 5) is 13.0. The highest BCUT2D eigenvalue weighted by molar-refractivity contribution is 7.90. The molecule has 3 aromatic carbocycles. The van der Waals surface area contributed by atoms with Crippen molar-refractivity contribution in [3.8, 4) is 0 Å². The van der Waals surface area contributed by atoms with Crippen molar-refractivity contribution in [1.29, 1.82) is 0 Å². The van der Waals surface area contributed by atoms with Crippen LogP contribution in [0.2, 0.25) is 0 Å². The lowest BCUT2D eigenvalue weighted by atomic mass is 10.1. The minimum atomic E-state index is -4.21. The molecule has 0 fully saturated rings. The van der Waals surface area contributed by atoms with Gasteiger partial charge >= 0.3 is 0 Å². The number of sulfonamides is 1. The number of aryl methyl sites for hydroxylation is 1. The van der Waals surface area contributed by atoms with Crippen LogP contribution in [0, 0.1) is 6.92 Å². The van der Waals surface area contributed by atoms with Gasteiger partial charge in [0.1, 0.15) is 12.3 Å². The first-order chi connectivity index (χ1) is 14.9. The van der Waals surface area contributed by atoms with Gasteiger partial charge in [-0.25, -0.2) is 8.42 Å². The molecule has 3 rings (SSSR count). The largest absolute Gasteiger partial charge is 0.375 e. The summed E-state index contributed by atoms with van der Waals surface area (Å²) in [5.41, 5.74) is 5.43. The van der Waals surface area contributed by atoms with E-state index in [1.165, 1.54) is 19.2 Å². The van der Waals surface area contributed by atoms with Gasteiger partial charge in [0.25, 0.3) is 15.9 Å². The zero-order valence-corrected chi connectivity index (χ0v) is 18.2. The Balaban J connectivity index is 2.24. The molecular formula is C25H23NO4S. The number of rotatable bonds is 7. The first-order valence-corrected chi connectivity index (χ1v) is 11.1. The fourth-order valence-corrected chi connectivity index (χ4v) is 4.34. The summed E-state index contributed by atoms with van der Waals surface area (Å²) >= 11 is 0. The quantitative estimate of drug-likeness (QED) is 0.514. The van der Waals surface area contributed by atoms with Gasteiger partial charge in [0.15, 0.2) is 0 Å². The van der Waals surface area contributed by atoms with Gasteiger partial charge < -0.3 is 4.74 Å². The summed E-state index contributed by atoms with van der Waals surface area (Å²) in [6, 6.07) is 24.5. The molecule has 0 unspecified atom stereocenters. The molecule has 0 saturated heterocycles. The predicted octanol–water partition coefficient (Wildman–Crippen LogP) is 4.51. The number of hydrogen-bond acceptors (Lipinski definition) is 4. The molecule has 0 saturated carbocycles. The molecule has 1 amide bonds. The minimum Gasteiger partial charge on any atom is -0.375 e. The lowest BCUT2D eigenvalue weighted by Crippen LogP contribution is -2.37. The van der Waals surface area contributed by atoms with E-state index in [4.69, 9.17) is 4.74 Å². The smallest absolute Gasteiger partial charge is 0.271 e. The van der Waals surface area contributed by atoms with E-state index in [1.54, 1.807) is 42.5 Å². The van der Waals surface area contributed by atoms with E-state index in [9.17, 15) is 13.2 Å². The molecule has 0 aliphatic rings. The van der Waals surface area contributed by atoms with Crippen LogP contribution in [0.25, 0.3) is 11.8 Å². The third-order valence-electron chi connectivity index (χ3n) is 4.48. The average Bonchev–Trinajstić information content (AvgIpc) is 2.78. The van der Waals surface area contributed by atoms with Crippen LogP contribution in [0.5, 0.6) is 0 Å². The molecule has 158 valence electrons. The fraction of sp³-hybridized carbons (Fsp3) is 0.120. The van der Waals surface area contributed by atoms with E-state index in [2.05, 4.69) is 5.73 Å². The van der Waals surface area contributed by atoms with Crippen molar-refractivity contribution >= 4 is 27.7 Å². The molecule has 5 nitrogen and oxygen atoms in total. The number of methoxy groups -OCH3 is 1. The highest BCUT2D eigenvalue weighted by Gasteiger charge is 2.33. The van der Waals surface area contributed by atoms with Gasteiger partial charge in [-0.3, -0.25) is 4.79 Å². The molecule has 3 aromatic rings. The summed E-state index contributed by atoms with van der Waals surface area (Å²) in [7, 11) is -2.86. The zero-order chi connectivity index (χ0) is 22.3. The molecule has 0 spiro atoms. The number of carbonyl (C=O) groups excluding carboxylic acids is 1. The maximum absolute atomic E-state index is 13.6. The molecule has 0 aliphatic heterocycles. The maximum Gasteiger partial charge on any atom is 0.271 e. The number of benzene rings is 3. The van der Waals surface area contributed by atoms with Crippen molar-refractivity contribution in [3.05, 3.63) is 107 Å². The summed E-state index contributed by atoms with van der Waals surface area (Å²) in [6.45, 7) is 1.47. The van der Waals surface area contributed by atoms with Crippen molar-refractivity contribution in [2.75, 3.05) is 13.7 Å². The van der Waals surface area contributed by atoms with Crippen molar-refractivity contribution in [3.63, 3.8) is 0 Å². The first-order valence-electron chi connectivity index (χ1n) is 9.64. The Morgan fingerprint density at radius 3 is 2.10 bits per heavy atom. The van der Waals surface area contributed by atoms with Crippen molar-refractivity contribution in [2.45, 2.75) is 11.8 Å². The van der Waals surface area contributed by atoms with Gasteiger partial charge in [0.2, 0.25) is 0 Å². The number of hydrogen-bond donors (Lipinski definition) is 0. The van der Waals surface area contributed by atoms with Gasteiger partial charge in [-0.05, 0) is 30.7 Å². The Bertz CT molecular complexity index is 1200. The molecule has 0 aromatic heterocycles. The van der Waals surface area contributed by atoms with Crippen LogP contribution < -0.4 is 0 Å². The standard InChI is InChI=1S/C25H23NO4S/c1-20-13-16-23(17-14-20)31(28,29)26(25(27)19-30-2)24(22-11-7-4-8-12-22)18-15-21-9-5-3-6-10-21/h3-17H,19H2,1-2H3. The third kappa shape index (κ3) is 5.38. The lowest BCUT2D eigenvalue weighted by Gasteiger charge is -2.24. The van der Waals surface area contributed by atoms with Gasteiger partial charge in [0.05, 0.1) is 4.90 Å². The molecule has 0 N–H and O–H groups in total. The molecule has 0 radical (unpaired) electrons. The Hall–Kier alpha value is -3.44.